The van der Waals surface area contributed by atoms with Crippen molar-refractivity contribution in [3.63, 3.8) is 0 Å². The normalized spacial score (nSPS) is 11.5. The Hall–Kier alpha value is -2.08. The van der Waals surface area contributed by atoms with Gasteiger partial charge in [-0.25, -0.2) is 9.59 Å². The molecule has 22 heavy (non-hydrogen) atoms. The van der Waals surface area contributed by atoms with Crippen LogP contribution in [0.3, 0.4) is 0 Å². The van der Waals surface area contributed by atoms with Gasteiger partial charge in [-0.2, -0.15) is 0 Å². The van der Waals surface area contributed by atoms with Crippen molar-refractivity contribution in [1.82, 2.24) is 5.32 Å². The molecule has 0 aliphatic heterocycles. The second kappa shape index (κ2) is 10.6. The fourth-order valence-corrected chi connectivity index (χ4v) is 1.20. The lowest BCUT2D eigenvalue weighted by Crippen LogP contribution is -2.40. The molecule has 0 heterocycles. The Morgan fingerprint density at radius 1 is 1.09 bits per heavy atom. The number of rotatable bonds is 4. The lowest BCUT2D eigenvalue weighted by atomic mass is 10.2. The fourth-order valence-electron chi connectivity index (χ4n) is 1.20. The topological polar surface area (TPSA) is 84.9 Å². The van der Waals surface area contributed by atoms with Crippen molar-refractivity contribution in [2.24, 2.45) is 0 Å². The summed E-state index contributed by atoms with van der Waals surface area (Å²) in [6.07, 6.45) is -2.05. The van der Waals surface area contributed by atoms with Gasteiger partial charge in [0, 0.05) is 0 Å². The molecule has 0 aliphatic rings. The molecule has 124 valence electrons. The van der Waals surface area contributed by atoms with Gasteiger partial charge in [-0.1, -0.05) is 36.4 Å². The summed E-state index contributed by atoms with van der Waals surface area (Å²) in [6, 6.07) is 12.0. The van der Waals surface area contributed by atoms with Gasteiger partial charge in [0.2, 0.25) is 0 Å². The van der Waals surface area contributed by atoms with Crippen LogP contribution in [0.25, 0.3) is 0 Å². The van der Waals surface area contributed by atoms with Crippen molar-refractivity contribution in [1.29, 1.82) is 0 Å². The van der Waals surface area contributed by atoms with Gasteiger partial charge in [0.05, 0.1) is 13.2 Å². The number of hydrogen-bond acceptors (Lipinski definition) is 5. The maximum atomic E-state index is 11.1. The van der Waals surface area contributed by atoms with Crippen molar-refractivity contribution in [3.05, 3.63) is 36.4 Å². The first-order chi connectivity index (χ1) is 10.3. The zero-order valence-electron chi connectivity index (χ0n) is 13.5. The Bertz CT molecular complexity index is 401. The first-order valence-corrected chi connectivity index (χ1v) is 7.08. The van der Waals surface area contributed by atoms with Gasteiger partial charge in [0.1, 0.15) is 5.60 Å². The van der Waals surface area contributed by atoms with Crippen molar-refractivity contribution in [2.75, 3.05) is 13.2 Å². The Morgan fingerprint density at radius 3 is 1.91 bits per heavy atom. The van der Waals surface area contributed by atoms with Gasteiger partial charge in [0.15, 0.2) is 6.10 Å². The van der Waals surface area contributed by atoms with Gasteiger partial charge >= 0.3 is 12.1 Å². The SMILES string of the molecule is CCOC(=O)[C@H](O)CNC(=O)OC(C)(C)C.c1ccccc1. The van der Waals surface area contributed by atoms with E-state index in [9.17, 15) is 14.7 Å². The minimum Gasteiger partial charge on any atom is -0.464 e. The third kappa shape index (κ3) is 11.7. The summed E-state index contributed by atoms with van der Waals surface area (Å²) in [7, 11) is 0. The van der Waals surface area contributed by atoms with Crippen LogP contribution in [0.5, 0.6) is 0 Å². The number of amides is 1. The van der Waals surface area contributed by atoms with E-state index in [0.717, 1.165) is 0 Å². The molecule has 0 bridgehead atoms. The van der Waals surface area contributed by atoms with Crippen molar-refractivity contribution in [2.45, 2.75) is 39.4 Å². The minimum atomic E-state index is -1.37. The number of aliphatic hydroxyl groups is 1. The van der Waals surface area contributed by atoms with E-state index >= 15 is 0 Å². The molecule has 2 N–H and O–H groups in total. The molecule has 0 radical (unpaired) electrons. The summed E-state index contributed by atoms with van der Waals surface area (Å²) in [5.41, 5.74) is -0.612. The molecule has 0 spiro atoms. The fraction of sp³-hybridized carbons (Fsp3) is 0.500. The number of ether oxygens (including phenoxy) is 2. The first-order valence-electron chi connectivity index (χ1n) is 7.08. The molecule has 0 unspecified atom stereocenters. The summed E-state index contributed by atoms with van der Waals surface area (Å²) in [5, 5.41) is 11.5. The molecule has 6 heteroatoms. The van der Waals surface area contributed by atoms with E-state index in [4.69, 9.17) is 4.74 Å². The highest BCUT2D eigenvalue weighted by atomic mass is 16.6. The van der Waals surface area contributed by atoms with Crippen molar-refractivity contribution in [3.8, 4) is 0 Å². The number of benzene rings is 1. The van der Waals surface area contributed by atoms with E-state index in [2.05, 4.69) is 10.1 Å². The molecule has 0 saturated heterocycles. The number of carbonyl (C=O) groups excluding carboxylic acids is 2. The summed E-state index contributed by atoms with van der Waals surface area (Å²) >= 11 is 0. The van der Waals surface area contributed by atoms with Crippen LogP contribution in [0, 0.1) is 0 Å². The van der Waals surface area contributed by atoms with Gasteiger partial charge in [-0.15, -0.1) is 0 Å². The number of carbonyl (C=O) groups is 2. The van der Waals surface area contributed by atoms with E-state index in [1.165, 1.54) is 0 Å². The molecular formula is C16H25NO5. The Balaban J connectivity index is 0.000000604. The lowest BCUT2D eigenvalue weighted by Gasteiger charge is -2.20. The van der Waals surface area contributed by atoms with Crippen LogP contribution in [-0.2, 0) is 14.3 Å². The summed E-state index contributed by atoms with van der Waals surface area (Å²) < 4.78 is 9.47. The molecule has 0 fully saturated rings. The summed E-state index contributed by atoms with van der Waals surface area (Å²) in [5.74, 6) is -0.765. The number of nitrogens with one attached hydrogen (secondary N) is 1. The number of alkyl carbamates (subject to hydrolysis) is 1. The van der Waals surface area contributed by atoms with Crippen LogP contribution in [0.2, 0.25) is 0 Å². The molecule has 1 aromatic rings. The second-order valence-electron chi connectivity index (χ2n) is 5.31. The van der Waals surface area contributed by atoms with Gasteiger partial charge in [0.25, 0.3) is 0 Å². The Kier molecular flexibility index (Phi) is 9.61. The van der Waals surface area contributed by atoms with E-state index in [1.54, 1.807) is 27.7 Å². The van der Waals surface area contributed by atoms with Crippen LogP contribution < -0.4 is 5.32 Å². The molecule has 1 atom stereocenters. The summed E-state index contributed by atoms with van der Waals surface area (Å²) in [6.45, 7) is 6.74. The molecule has 0 aliphatic carbocycles. The largest absolute Gasteiger partial charge is 0.464 e. The third-order valence-electron chi connectivity index (χ3n) is 2.06. The molecule has 1 aromatic carbocycles. The van der Waals surface area contributed by atoms with Crippen molar-refractivity contribution >= 4 is 12.1 Å². The van der Waals surface area contributed by atoms with Crippen LogP contribution in [0.1, 0.15) is 27.7 Å². The highest BCUT2D eigenvalue weighted by Gasteiger charge is 2.20. The van der Waals surface area contributed by atoms with Crippen LogP contribution in [0.15, 0.2) is 36.4 Å². The third-order valence-corrected chi connectivity index (χ3v) is 2.06. The van der Waals surface area contributed by atoms with E-state index in [1.807, 2.05) is 36.4 Å². The maximum Gasteiger partial charge on any atom is 0.407 e. The Morgan fingerprint density at radius 2 is 1.55 bits per heavy atom. The van der Waals surface area contributed by atoms with E-state index in [0.29, 0.717) is 0 Å². The molecule has 1 amide bonds. The highest BCUT2D eigenvalue weighted by molar-refractivity contribution is 5.76. The predicted molar refractivity (Wildman–Crippen MR) is 83.3 cm³/mol. The van der Waals surface area contributed by atoms with Gasteiger partial charge in [-0.05, 0) is 27.7 Å². The number of hydrogen-bond donors (Lipinski definition) is 2. The average molecular weight is 311 g/mol. The predicted octanol–water partition coefficient (Wildman–Crippen LogP) is 2.12. The van der Waals surface area contributed by atoms with Gasteiger partial charge in [-0.3, -0.25) is 0 Å². The Labute approximate surface area is 131 Å². The van der Waals surface area contributed by atoms with E-state index < -0.39 is 23.8 Å². The van der Waals surface area contributed by atoms with Crippen molar-refractivity contribution < 1.29 is 24.2 Å². The maximum absolute atomic E-state index is 11.1. The summed E-state index contributed by atoms with van der Waals surface area (Å²) in [4.78, 5) is 22.1. The standard InChI is InChI=1S/C10H19NO5.C6H6/c1-5-15-8(13)7(12)6-11-9(14)16-10(2,3)4;1-2-4-6-5-3-1/h7,12H,5-6H2,1-4H3,(H,11,14);1-6H/t7-;/m1./s1. The van der Waals surface area contributed by atoms with Crippen LogP contribution in [0.4, 0.5) is 4.79 Å². The smallest absolute Gasteiger partial charge is 0.407 e. The molecule has 6 nitrogen and oxygen atoms in total. The van der Waals surface area contributed by atoms with Crippen LogP contribution in [-0.4, -0.2) is 42.0 Å². The number of esters is 1. The highest BCUT2D eigenvalue weighted by Crippen LogP contribution is 2.06. The first kappa shape index (κ1) is 19.9. The lowest BCUT2D eigenvalue weighted by molar-refractivity contribution is -0.152. The second-order valence-corrected chi connectivity index (χ2v) is 5.31. The zero-order chi connectivity index (χ0) is 17.0. The monoisotopic (exact) mass is 311 g/mol. The molecule has 1 rings (SSSR count). The van der Waals surface area contributed by atoms with Crippen LogP contribution >= 0.6 is 0 Å². The average Bonchev–Trinajstić information content (AvgIpc) is 2.45. The quantitative estimate of drug-likeness (QED) is 0.832. The molecule has 0 saturated carbocycles. The zero-order valence-corrected chi connectivity index (χ0v) is 13.5. The number of aliphatic hydroxyl groups excluding tert-OH is 1. The minimum absolute atomic E-state index is 0.183. The van der Waals surface area contributed by atoms with Gasteiger partial charge < -0.3 is 19.9 Å². The molecular weight excluding hydrogens is 286 g/mol. The van der Waals surface area contributed by atoms with E-state index in [-0.39, 0.29) is 13.2 Å². The molecule has 0 aromatic heterocycles.